The van der Waals surface area contributed by atoms with E-state index in [1.165, 1.54) is 11.3 Å². The van der Waals surface area contributed by atoms with E-state index in [9.17, 15) is 9.59 Å². The number of esters is 1. The Hall–Kier alpha value is -3.06. The molecule has 0 unspecified atom stereocenters. The number of carbonyl (C=O) groups is 2. The molecular formula is C21H19NO5S. The standard InChI is InChI=1S/C21H19NO5S/c1-12-6-7-28-20(12)21(24)25-10-17(23)16-8-13(2)22(14(16)3)15-4-5-18-19(9-15)27-11-26-18/h4-9H,10-11H2,1-3H3. The van der Waals surface area contributed by atoms with Gasteiger partial charge in [-0.25, -0.2) is 4.79 Å². The zero-order valence-corrected chi connectivity index (χ0v) is 16.6. The summed E-state index contributed by atoms with van der Waals surface area (Å²) in [6.45, 7) is 5.56. The Bertz CT molecular complexity index is 1080. The summed E-state index contributed by atoms with van der Waals surface area (Å²) < 4.78 is 18.0. The van der Waals surface area contributed by atoms with Gasteiger partial charge in [0.2, 0.25) is 12.6 Å². The van der Waals surface area contributed by atoms with Gasteiger partial charge >= 0.3 is 5.97 Å². The molecule has 0 aliphatic carbocycles. The predicted molar refractivity (Wildman–Crippen MR) is 105 cm³/mol. The number of carbonyl (C=O) groups excluding carboxylic acids is 2. The molecule has 0 saturated carbocycles. The Balaban J connectivity index is 1.54. The number of ether oxygens (including phenoxy) is 3. The molecule has 0 atom stereocenters. The second-order valence-corrected chi connectivity index (χ2v) is 7.51. The predicted octanol–water partition coefficient (Wildman–Crippen LogP) is 4.23. The number of nitrogens with zero attached hydrogens (tertiary/aromatic N) is 1. The number of benzene rings is 1. The molecule has 0 amide bonds. The number of hydrogen-bond donors (Lipinski definition) is 0. The van der Waals surface area contributed by atoms with Crippen molar-refractivity contribution in [1.82, 2.24) is 4.57 Å². The van der Waals surface area contributed by atoms with Crippen molar-refractivity contribution < 1.29 is 23.8 Å². The molecule has 0 N–H and O–H groups in total. The monoisotopic (exact) mass is 397 g/mol. The van der Waals surface area contributed by atoms with Crippen LogP contribution in [0, 0.1) is 20.8 Å². The van der Waals surface area contributed by atoms with Crippen LogP contribution in [0.2, 0.25) is 0 Å². The van der Waals surface area contributed by atoms with Crippen molar-refractivity contribution in [1.29, 1.82) is 0 Å². The summed E-state index contributed by atoms with van der Waals surface area (Å²) in [6.07, 6.45) is 0. The van der Waals surface area contributed by atoms with Crippen LogP contribution in [0.1, 0.15) is 37.0 Å². The summed E-state index contributed by atoms with van der Waals surface area (Å²) in [5.74, 6) is 0.685. The van der Waals surface area contributed by atoms with E-state index >= 15 is 0 Å². The molecule has 1 aliphatic heterocycles. The summed E-state index contributed by atoms with van der Waals surface area (Å²) >= 11 is 1.31. The van der Waals surface area contributed by atoms with E-state index in [1.807, 2.05) is 61.1 Å². The number of ketones is 1. The summed E-state index contributed by atoms with van der Waals surface area (Å²) in [7, 11) is 0. The Morgan fingerprint density at radius 2 is 1.89 bits per heavy atom. The molecule has 0 bridgehead atoms. The molecule has 28 heavy (non-hydrogen) atoms. The van der Waals surface area contributed by atoms with Crippen molar-refractivity contribution in [3.63, 3.8) is 0 Å². The lowest BCUT2D eigenvalue weighted by Gasteiger charge is -2.11. The van der Waals surface area contributed by atoms with Gasteiger partial charge in [-0.05, 0) is 56.0 Å². The van der Waals surface area contributed by atoms with Crippen LogP contribution in [0.15, 0.2) is 35.7 Å². The molecule has 3 aromatic rings. The first-order valence-electron chi connectivity index (χ1n) is 8.79. The highest BCUT2D eigenvalue weighted by molar-refractivity contribution is 7.12. The van der Waals surface area contributed by atoms with Crippen molar-refractivity contribution >= 4 is 23.1 Å². The lowest BCUT2D eigenvalue weighted by molar-refractivity contribution is 0.0478. The number of fused-ring (bicyclic) bond motifs is 1. The topological polar surface area (TPSA) is 66.8 Å². The van der Waals surface area contributed by atoms with Gasteiger partial charge in [0.05, 0.1) is 0 Å². The molecule has 0 radical (unpaired) electrons. The fourth-order valence-electron chi connectivity index (χ4n) is 3.32. The number of aromatic nitrogens is 1. The summed E-state index contributed by atoms with van der Waals surface area (Å²) in [6, 6.07) is 9.31. The lowest BCUT2D eigenvalue weighted by atomic mass is 10.1. The minimum Gasteiger partial charge on any atom is -0.454 e. The number of rotatable bonds is 5. The molecule has 0 spiro atoms. The summed E-state index contributed by atoms with van der Waals surface area (Å²) in [5.41, 5.74) is 3.95. The zero-order chi connectivity index (χ0) is 19.8. The van der Waals surface area contributed by atoms with Gasteiger partial charge < -0.3 is 18.8 Å². The average Bonchev–Trinajstić information content (AvgIpc) is 3.38. The van der Waals surface area contributed by atoms with Gasteiger partial charge in [0, 0.05) is 28.7 Å². The van der Waals surface area contributed by atoms with Gasteiger partial charge in [-0.1, -0.05) is 0 Å². The normalized spacial score (nSPS) is 12.2. The maximum absolute atomic E-state index is 12.7. The van der Waals surface area contributed by atoms with E-state index < -0.39 is 5.97 Å². The van der Waals surface area contributed by atoms with Crippen molar-refractivity contribution in [3.05, 3.63) is 63.1 Å². The number of hydrogen-bond acceptors (Lipinski definition) is 6. The molecule has 0 saturated heterocycles. The summed E-state index contributed by atoms with van der Waals surface area (Å²) in [5, 5.41) is 1.83. The maximum Gasteiger partial charge on any atom is 0.349 e. The van der Waals surface area contributed by atoms with Crippen molar-refractivity contribution in [2.24, 2.45) is 0 Å². The van der Waals surface area contributed by atoms with Crippen LogP contribution in [-0.2, 0) is 4.74 Å². The summed E-state index contributed by atoms with van der Waals surface area (Å²) in [4.78, 5) is 25.4. The Morgan fingerprint density at radius 1 is 1.11 bits per heavy atom. The molecule has 0 fully saturated rings. The quantitative estimate of drug-likeness (QED) is 0.476. The van der Waals surface area contributed by atoms with E-state index in [-0.39, 0.29) is 19.2 Å². The third-order valence-corrected chi connectivity index (χ3v) is 5.72. The highest BCUT2D eigenvalue weighted by atomic mass is 32.1. The molecule has 2 aromatic heterocycles. The molecule has 1 aromatic carbocycles. The van der Waals surface area contributed by atoms with E-state index in [0.29, 0.717) is 21.9 Å². The van der Waals surface area contributed by atoms with Crippen LogP contribution in [-0.4, -0.2) is 29.7 Å². The first-order valence-corrected chi connectivity index (χ1v) is 9.67. The second-order valence-electron chi connectivity index (χ2n) is 6.59. The van der Waals surface area contributed by atoms with E-state index in [1.54, 1.807) is 0 Å². The Morgan fingerprint density at radius 3 is 2.64 bits per heavy atom. The number of Topliss-reactive ketones (excluding diaryl/α,β-unsaturated/α-hetero) is 1. The fraction of sp³-hybridized carbons (Fsp3) is 0.238. The molecule has 1 aliphatic rings. The van der Waals surface area contributed by atoms with Crippen LogP contribution < -0.4 is 9.47 Å². The highest BCUT2D eigenvalue weighted by Crippen LogP contribution is 2.35. The van der Waals surface area contributed by atoms with Crippen LogP contribution >= 0.6 is 11.3 Å². The molecule has 3 heterocycles. The molecular weight excluding hydrogens is 378 g/mol. The lowest BCUT2D eigenvalue weighted by Crippen LogP contribution is -2.14. The van der Waals surface area contributed by atoms with Gasteiger partial charge in [0.1, 0.15) is 4.88 Å². The largest absolute Gasteiger partial charge is 0.454 e. The van der Waals surface area contributed by atoms with Crippen LogP contribution in [0.4, 0.5) is 0 Å². The third kappa shape index (κ3) is 3.18. The smallest absolute Gasteiger partial charge is 0.349 e. The van der Waals surface area contributed by atoms with Crippen molar-refractivity contribution in [2.75, 3.05) is 13.4 Å². The zero-order valence-electron chi connectivity index (χ0n) is 15.8. The van der Waals surface area contributed by atoms with Gasteiger partial charge in [0.25, 0.3) is 0 Å². The van der Waals surface area contributed by atoms with Gasteiger partial charge in [-0.3, -0.25) is 4.79 Å². The molecule has 7 heteroatoms. The fourth-order valence-corrected chi connectivity index (χ4v) is 4.14. The SMILES string of the molecule is Cc1ccsc1C(=O)OCC(=O)c1cc(C)n(-c2ccc3c(c2)OCO3)c1C. The first-order chi connectivity index (χ1) is 13.5. The number of thiophene rings is 1. The number of aryl methyl sites for hydroxylation is 2. The van der Waals surface area contributed by atoms with Crippen LogP contribution in [0.5, 0.6) is 11.5 Å². The van der Waals surface area contributed by atoms with Crippen LogP contribution in [0.25, 0.3) is 5.69 Å². The highest BCUT2D eigenvalue weighted by Gasteiger charge is 2.21. The van der Waals surface area contributed by atoms with Crippen molar-refractivity contribution in [3.8, 4) is 17.2 Å². The van der Waals surface area contributed by atoms with E-state index in [4.69, 9.17) is 14.2 Å². The average molecular weight is 397 g/mol. The third-order valence-electron chi connectivity index (χ3n) is 4.73. The van der Waals surface area contributed by atoms with Crippen molar-refractivity contribution in [2.45, 2.75) is 20.8 Å². The van der Waals surface area contributed by atoms with Gasteiger partial charge in [0.15, 0.2) is 18.1 Å². The van der Waals surface area contributed by atoms with E-state index in [2.05, 4.69) is 0 Å². The minimum absolute atomic E-state index is 0.210. The minimum atomic E-state index is -0.467. The molecule has 144 valence electrons. The van der Waals surface area contributed by atoms with Crippen LogP contribution in [0.3, 0.4) is 0 Å². The van der Waals surface area contributed by atoms with Gasteiger partial charge in [-0.2, -0.15) is 0 Å². The van der Waals surface area contributed by atoms with Gasteiger partial charge in [-0.15, -0.1) is 11.3 Å². The Labute approximate surface area is 166 Å². The second kappa shape index (κ2) is 7.16. The Kier molecular flexibility index (Phi) is 4.68. The molecule has 6 nitrogen and oxygen atoms in total. The first kappa shape index (κ1) is 18.3. The maximum atomic E-state index is 12.7. The van der Waals surface area contributed by atoms with E-state index in [0.717, 1.165) is 22.6 Å². The molecule has 4 rings (SSSR count).